The molecule has 2 aliphatic carbocycles. The highest BCUT2D eigenvalue weighted by Crippen LogP contribution is 2.48. The van der Waals surface area contributed by atoms with Crippen molar-refractivity contribution in [2.75, 3.05) is 180 Å². The van der Waals surface area contributed by atoms with Gasteiger partial charge < -0.3 is 110 Å². The van der Waals surface area contributed by atoms with Crippen LogP contribution in [0, 0.1) is 0 Å². The average Bonchev–Trinajstić information content (AvgIpc) is 3.31. The Morgan fingerprint density at radius 1 is 0.292 bits per heavy atom. The van der Waals surface area contributed by atoms with Gasteiger partial charge in [0, 0.05) is 61.3 Å². The number of methoxy groups -OCH3 is 7. The maximum Gasteiger partial charge on any atom is 0.470 e. The van der Waals surface area contributed by atoms with E-state index in [1.807, 2.05) is 0 Å². The summed E-state index contributed by atoms with van der Waals surface area (Å²) >= 11 is 1.28. The molecule has 6 N–H and O–H groups in total. The van der Waals surface area contributed by atoms with E-state index in [2.05, 4.69) is 0 Å². The van der Waals surface area contributed by atoms with Crippen molar-refractivity contribution in [1.82, 2.24) is 0 Å². The summed E-state index contributed by atoms with van der Waals surface area (Å²) in [5.74, 6) is 0.419. The van der Waals surface area contributed by atoms with Gasteiger partial charge in [0.1, 0.15) is 73.2 Å². The summed E-state index contributed by atoms with van der Waals surface area (Å²) in [6.45, 7) is 1.66. The molecule has 2 saturated carbocycles. The third-order valence-electron chi connectivity index (χ3n) is 10.4. The van der Waals surface area contributed by atoms with Gasteiger partial charge in [-0.05, 0) is 0 Å². The van der Waals surface area contributed by atoms with E-state index in [-0.39, 0.29) is 117 Å². The van der Waals surface area contributed by atoms with Crippen LogP contribution < -0.4 is 0 Å². The zero-order valence-electron chi connectivity index (χ0n) is 41.9. The molecule has 12 atom stereocenters. The predicted molar refractivity (Wildman–Crippen MR) is 250 cm³/mol. The van der Waals surface area contributed by atoms with E-state index < -0.39 is 96.7 Å². The molecule has 72 heavy (non-hydrogen) atoms. The molecule has 0 heterocycles. The molecule has 430 valence electrons. The van der Waals surface area contributed by atoms with Crippen molar-refractivity contribution in [2.24, 2.45) is 0 Å². The van der Waals surface area contributed by atoms with Crippen molar-refractivity contribution in [2.45, 2.75) is 73.2 Å². The Labute approximate surface area is 424 Å². The summed E-state index contributed by atoms with van der Waals surface area (Å²) < 4.78 is 150. The number of thioether (sulfide) groups is 1. The topological polar surface area (TPSA) is 357 Å². The standard InChI is InChI=1S/C39H79O29P3S/c1-49-8-12-56-16-20-60-32-28(53-5)31(29(54-6)33(37(32)66-69(40,41)42)61-21-17-57-13-9-50-2)64-24-26-72-27-25-65-36-38(67-70(43,44)45)34(62-22-18-58-14-10-51-3)30(55-7)35(39(36)68-71(46,47)48)63-23-19-59-15-11-52-4/h28-39H,8-27H2,1-7H3,(H2,40,41,42)(H2,43,44,45)(H2,46,47,48)/t28-,29+,30?,31?,32+,33-,34-,35+,36?,37?,38+,39-. The van der Waals surface area contributed by atoms with E-state index in [4.69, 9.17) is 94.1 Å². The minimum absolute atomic E-state index is 0.000780. The SMILES string of the molecule is COCCOCCO[C@@H]1C(OP(=O)(O)O)[C@H](OCCOCCOC)[C@@H](OC)C(OCCSCCOC2[C@@H](OP(=O)(O)O)[C@H](OCCOCCOC)C(OC)[C@H](OCCOCCOC)[C@H]2OP(=O)(O)O)[C@H]1OC. The van der Waals surface area contributed by atoms with E-state index in [1.54, 1.807) is 0 Å². The molecule has 2 rings (SSSR count). The Morgan fingerprint density at radius 2 is 0.500 bits per heavy atom. The number of phosphoric ester groups is 3. The lowest BCUT2D eigenvalue weighted by Gasteiger charge is -2.49. The van der Waals surface area contributed by atoms with Crippen molar-refractivity contribution < 1.29 is 137 Å². The minimum Gasteiger partial charge on any atom is -0.382 e. The monoisotopic (exact) mass is 1140 g/mol. The van der Waals surface area contributed by atoms with Crippen LogP contribution in [-0.2, 0) is 108 Å². The molecule has 0 aromatic heterocycles. The summed E-state index contributed by atoms with van der Waals surface area (Å²) in [6.07, 6.45) is -16.2. The molecule has 0 aromatic rings. The zero-order chi connectivity index (χ0) is 53.4. The Morgan fingerprint density at radius 3 is 0.722 bits per heavy atom. The quantitative estimate of drug-likeness (QED) is 0.0321. The Balaban J connectivity index is 2.37. The maximum atomic E-state index is 12.5. The third-order valence-corrected chi connectivity index (χ3v) is 12.9. The average molecular weight is 1140 g/mol. The fraction of sp³-hybridized carbons (Fsp3) is 1.00. The van der Waals surface area contributed by atoms with Crippen molar-refractivity contribution in [3.63, 3.8) is 0 Å². The lowest BCUT2D eigenvalue weighted by molar-refractivity contribution is -0.263. The van der Waals surface area contributed by atoms with Gasteiger partial charge in [0.05, 0.1) is 119 Å². The Kier molecular flexibility index (Phi) is 36.5. The molecular formula is C39H79O29P3S. The van der Waals surface area contributed by atoms with Crippen molar-refractivity contribution in [1.29, 1.82) is 0 Å². The molecule has 0 saturated heterocycles. The highest BCUT2D eigenvalue weighted by atomic mass is 32.2. The van der Waals surface area contributed by atoms with Crippen LogP contribution in [0.2, 0.25) is 0 Å². The van der Waals surface area contributed by atoms with Crippen LogP contribution in [0.5, 0.6) is 0 Å². The van der Waals surface area contributed by atoms with E-state index in [0.29, 0.717) is 13.2 Å². The number of hydrogen-bond acceptors (Lipinski definition) is 24. The van der Waals surface area contributed by atoms with Crippen molar-refractivity contribution >= 4 is 35.2 Å². The molecule has 2 aliphatic rings. The summed E-state index contributed by atoms with van der Waals surface area (Å²) in [6, 6.07) is 0. The first-order valence-electron chi connectivity index (χ1n) is 22.8. The van der Waals surface area contributed by atoms with E-state index in [0.717, 1.165) is 0 Å². The van der Waals surface area contributed by atoms with Crippen LogP contribution in [0.15, 0.2) is 0 Å². The van der Waals surface area contributed by atoms with Crippen LogP contribution in [0.25, 0.3) is 0 Å². The van der Waals surface area contributed by atoms with Gasteiger partial charge in [0.25, 0.3) is 0 Å². The van der Waals surface area contributed by atoms with Gasteiger partial charge in [-0.15, -0.1) is 0 Å². The Hall–Kier alpha value is -0.000000000000000180. The second-order valence-electron chi connectivity index (χ2n) is 15.3. The van der Waals surface area contributed by atoms with Crippen LogP contribution in [0.4, 0.5) is 0 Å². The maximum absolute atomic E-state index is 12.5. The van der Waals surface area contributed by atoms with Crippen LogP contribution >= 0.6 is 35.2 Å². The predicted octanol–water partition coefficient (Wildman–Crippen LogP) is -0.811. The smallest absolute Gasteiger partial charge is 0.382 e. The highest BCUT2D eigenvalue weighted by Gasteiger charge is 2.58. The molecule has 0 spiro atoms. The lowest BCUT2D eigenvalue weighted by atomic mass is 9.84. The van der Waals surface area contributed by atoms with Gasteiger partial charge in [-0.3, -0.25) is 13.6 Å². The van der Waals surface area contributed by atoms with Crippen LogP contribution in [0.1, 0.15) is 0 Å². The van der Waals surface area contributed by atoms with Crippen LogP contribution in [-0.4, -0.2) is 283 Å². The molecule has 0 bridgehead atoms. The summed E-state index contributed by atoms with van der Waals surface area (Å²) in [7, 11) is -5.97. The van der Waals surface area contributed by atoms with Gasteiger partial charge in [0.15, 0.2) is 0 Å². The van der Waals surface area contributed by atoms with Gasteiger partial charge in [-0.2, -0.15) is 11.8 Å². The summed E-state index contributed by atoms with van der Waals surface area (Å²) in [4.78, 5) is 60.5. The van der Waals surface area contributed by atoms with Crippen molar-refractivity contribution in [3.8, 4) is 0 Å². The molecule has 0 amide bonds. The number of ether oxygens (including phenoxy) is 17. The first kappa shape index (κ1) is 68.1. The van der Waals surface area contributed by atoms with Crippen molar-refractivity contribution in [3.05, 3.63) is 0 Å². The summed E-state index contributed by atoms with van der Waals surface area (Å²) in [5.41, 5.74) is 0. The third kappa shape index (κ3) is 27.0. The van der Waals surface area contributed by atoms with E-state index in [1.165, 1.54) is 61.5 Å². The number of rotatable bonds is 45. The molecule has 0 aliphatic heterocycles. The Bertz CT molecular complexity index is 1420. The molecule has 0 radical (unpaired) electrons. The van der Waals surface area contributed by atoms with Gasteiger partial charge in [0.2, 0.25) is 0 Å². The molecule has 2 fully saturated rings. The normalized spacial score (nSPS) is 27.5. The lowest BCUT2D eigenvalue weighted by Crippen LogP contribution is -2.67. The van der Waals surface area contributed by atoms with Gasteiger partial charge in [-0.25, -0.2) is 13.7 Å². The number of hydrogen-bond donors (Lipinski definition) is 6. The zero-order valence-corrected chi connectivity index (χ0v) is 45.4. The first-order valence-corrected chi connectivity index (χ1v) is 28.5. The van der Waals surface area contributed by atoms with E-state index in [9.17, 15) is 43.1 Å². The second kappa shape index (κ2) is 38.5. The fourth-order valence-electron chi connectivity index (χ4n) is 7.56. The highest BCUT2D eigenvalue weighted by molar-refractivity contribution is 7.99. The number of phosphoric acid groups is 3. The minimum atomic E-state index is -5.38. The summed E-state index contributed by atoms with van der Waals surface area (Å²) in [5, 5.41) is 0. The van der Waals surface area contributed by atoms with Crippen LogP contribution in [0.3, 0.4) is 0 Å². The molecule has 4 unspecified atom stereocenters. The van der Waals surface area contributed by atoms with E-state index >= 15 is 0 Å². The second-order valence-corrected chi connectivity index (χ2v) is 20.1. The van der Waals surface area contributed by atoms with Gasteiger partial charge in [-0.1, -0.05) is 0 Å². The molecular weight excluding hydrogens is 1060 g/mol. The first-order chi connectivity index (χ1) is 34.4. The molecule has 29 nitrogen and oxygen atoms in total. The molecule has 0 aromatic carbocycles. The largest absolute Gasteiger partial charge is 0.470 e. The molecule has 33 heteroatoms. The fourth-order valence-corrected chi connectivity index (χ4v) is 9.86. The van der Waals surface area contributed by atoms with Gasteiger partial charge >= 0.3 is 23.5 Å².